The molecule has 0 bridgehead atoms. The highest BCUT2D eigenvalue weighted by molar-refractivity contribution is 5.95. The summed E-state index contributed by atoms with van der Waals surface area (Å²) >= 11 is 0. The first-order chi connectivity index (χ1) is 12.9. The molecular formula is C20H18FN3O3. The number of aromatic nitrogens is 2. The molecule has 0 unspecified atom stereocenters. The van der Waals surface area contributed by atoms with E-state index in [1.807, 2.05) is 12.1 Å². The predicted molar refractivity (Wildman–Crippen MR) is 97.9 cm³/mol. The largest absolute Gasteiger partial charge is 0.507 e. The van der Waals surface area contributed by atoms with Crippen LogP contribution in [0.25, 0.3) is 11.3 Å². The van der Waals surface area contributed by atoms with Crippen LogP contribution in [0.5, 0.6) is 5.75 Å². The van der Waals surface area contributed by atoms with E-state index in [0.717, 1.165) is 17.7 Å². The van der Waals surface area contributed by atoms with Crippen LogP contribution in [0.15, 0.2) is 48.5 Å². The fraction of sp³-hybridized carbons (Fsp3) is 0.150. The van der Waals surface area contributed by atoms with Gasteiger partial charge in [-0.3, -0.25) is 14.7 Å². The van der Waals surface area contributed by atoms with Crippen molar-refractivity contribution in [3.05, 3.63) is 71.2 Å². The fourth-order valence-corrected chi connectivity index (χ4v) is 2.74. The van der Waals surface area contributed by atoms with E-state index in [0.29, 0.717) is 36.2 Å². The lowest BCUT2D eigenvalue weighted by atomic mass is 10.0. The number of aryl methyl sites for hydroxylation is 1. The van der Waals surface area contributed by atoms with Gasteiger partial charge in [-0.25, -0.2) is 4.39 Å². The molecule has 3 rings (SSSR count). The topological polar surface area (TPSA) is 109 Å². The number of rotatable bonds is 7. The molecule has 1 aromatic heterocycles. The fourth-order valence-electron chi connectivity index (χ4n) is 2.74. The maximum atomic E-state index is 13.4. The summed E-state index contributed by atoms with van der Waals surface area (Å²) in [5, 5.41) is 16.4. The lowest BCUT2D eigenvalue weighted by Gasteiger charge is -2.02. The number of halogens is 1. The molecule has 0 aliphatic carbocycles. The molecule has 7 heteroatoms. The van der Waals surface area contributed by atoms with E-state index in [9.17, 15) is 19.1 Å². The summed E-state index contributed by atoms with van der Waals surface area (Å²) in [6, 6.07) is 12.0. The number of nitrogens with two attached hydrogens (primary N) is 1. The molecule has 1 amide bonds. The number of H-pyrrole nitrogens is 1. The Hall–Kier alpha value is -3.48. The monoisotopic (exact) mass is 367 g/mol. The van der Waals surface area contributed by atoms with E-state index >= 15 is 0 Å². The summed E-state index contributed by atoms with van der Waals surface area (Å²) in [6.45, 7) is 0. The number of benzene rings is 2. The number of nitrogens with zero attached hydrogens (tertiary/aromatic N) is 1. The van der Waals surface area contributed by atoms with Gasteiger partial charge >= 0.3 is 0 Å². The van der Waals surface area contributed by atoms with Gasteiger partial charge in [0.2, 0.25) is 5.91 Å². The number of ketones is 1. The van der Waals surface area contributed by atoms with Crippen molar-refractivity contribution in [2.45, 2.75) is 19.3 Å². The first-order valence-electron chi connectivity index (χ1n) is 8.40. The molecule has 0 aliphatic heterocycles. The van der Waals surface area contributed by atoms with Crippen LogP contribution in [0.4, 0.5) is 4.39 Å². The van der Waals surface area contributed by atoms with E-state index in [-0.39, 0.29) is 17.1 Å². The van der Waals surface area contributed by atoms with Crippen LogP contribution >= 0.6 is 0 Å². The third-order valence-electron chi connectivity index (χ3n) is 4.22. The number of aromatic hydroxyl groups is 1. The molecular weight excluding hydrogens is 349 g/mol. The third-order valence-corrected chi connectivity index (χ3v) is 4.22. The molecule has 0 spiro atoms. The van der Waals surface area contributed by atoms with Crippen molar-refractivity contribution >= 4 is 11.7 Å². The van der Waals surface area contributed by atoms with Crippen LogP contribution in [0.1, 0.15) is 39.3 Å². The van der Waals surface area contributed by atoms with Gasteiger partial charge in [-0.1, -0.05) is 12.1 Å². The van der Waals surface area contributed by atoms with Gasteiger partial charge in [0.15, 0.2) is 5.78 Å². The number of primary amides is 1. The molecule has 0 fully saturated rings. The zero-order valence-corrected chi connectivity index (χ0v) is 14.4. The normalized spacial score (nSPS) is 10.7. The number of Topliss-reactive ketones (excluding diaryl/α,β-unsaturated/α-hetero) is 1. The molecule has 0 aliphatic rings. The molecule has 1 heterocycles. The number of hydrogen-bond donors (Lipinski definition) is 3. The van der Waals surface area contributed by atoms with Gasteiger partial charge < -0.3 is 10.8 Å². The van der Waals surface area contributed by atoms with Gasteiger partial charge in [0.1, 0.15) is 17.3 Å². The van der Waals surface area contributed by atoms with Crippen molar-refractivity contribution in [3.8, 4) is 17.0 Å². The van der Waals surface area contributed by atoms with Crippen LogP contribution < -0.4 is 5.73 Å². The molecule has 0 radical (unpaired) electrons. The summed E-state index contributed by atoms with van der Waals surface area (Å²) in [7, 11) is 0. The Morgan fingerprint density at radius 2 is 1.85 bits per heavy atom. The van der Waals surface area contributed by atoms with E-state index in [2.05, 4.69) is 10.2 Å². The minimum Gasteiger partial charge on any atom is -0.507 e. The van der Waals surface area contributed by atoms with Crippen molar-refractivity contribution in [2.75, 3.05) is 0 Å². The van der Waals surface area contributed by atoms with Gasteiger partial charge in [-0.15, -0.1) is 0 Å². The van der Waals surface area contributed by atoms with Gasteiger partial charge in [0, 0.05) is 17.5 Å². The first kappa shape index (κ1) is 18.3. The molecule has 6 nitrogen and oxygen atoms in total. The zero-order valence-electron chi connectivity index (χ0n) is 14.4. The maximum Gasteiger partial charge on any atom is 0.248 e. The van der Waals surface area contributed by atoms with Crippen LogP contribution in [0.2, 0.25) is 0 Å². The molecule has 0 saturated carbocycles. The number of amides is 1. The van der Waals surface area contributed by atoms with Crippen molar-refractivity contribution in [1.82, 2.24) is 10.2 Å². The predicted octanol–water partition coefficient (Wildman–Crippen LogP) is 3.23. The van der Waals surface area contributed by atoms with Crippen LogP contribution in [-0.4, -0.2) is 27.0 Å². The Labute approximate surface area is 154 Å². The lowest BCUT2D eigenvalue weighted by Crippen LogP contribution is -2.10. The number of carbonyl (C=O) groups is 2. The van der Waals surface area contributed by atoms with Gasteiger partial charge in [0.05, 0.1) is 5.69 Å². The highest BCUT2D eigenvalue weighted by Crippen LogP contribution is 2.28. The number of phenols is 1. The number of aromatic amines is 1. The Balaban J connectivity index is 1.59. The van der Waals surface area contributed by atoms with Gasteiger partial charge in [-0.05, 0) is 54.8 Å². The van der Waals surface area contributed by atoms with Crippen LogP contribution in [0.3, 0.4) is 0 Å². The van der Waals surface area contributed by atoms with E-state index in [4.69, 9.17) is 5.73 Å². The lowest BCUT2D eigenvalue weighted by molar-refractivity contribution is 0.0973. The smallest absolute Gasteiger partial charge is 0.248 e. The van der Waals surface area contributed by atoms with E-state index in [1.54, 1.807) is 12.1 Å². The second-order valence-corrected chi connectivity index (χ2v) is 6.17. The molecule has 2 aromatic carbocycles. The van der Waals surface area contributed by atoms with Gasteiger partial charge in [-0.2, -0.15) is 5.10 Å². The Bertz CT molecular complexity index is 980. The summed E-state index contributed by atoms with van der Waals surface area (Å²) in [6.07, 6.45) is 1.60. The second kappa shape index (κ2) is 7.82. The average molecular weight is 367 g/mol. The van der Waals surface area contributed by atoms with Gasteiger partial charge in [0.25, 0.3) is 0 Å². The van der Waals surface area contributed by atoms with E-state index < -0.39 is 11.7 Å². The molecule has 3 aromatic rings. The highest BCUT2D eigenvalue weighted by atomic mass is 19.1. The maximum absolute atomic E-state index is 13.4. The first-order valence-corrected chi connectivity index (χ1v) is 8.40. The summed E-state index contributed by atoms with van der Waals surface area (Å²) in [4.78, 5) is 23.4. The number of hydrogen-bond acceptors (Lipinski definition) is 4. The van der Waals surface area contributed by atoms with Crippen molar-refractivity contribution in [1.29, 1.82) is 0 Å². The van der Waals surface area contributed by atoms with E-state index in [1.165, 1.54) is 12.1 Å². The van der Waals surface area contributed by atoms with Crippen molar-refractivity contribution in [2.24, 2.45) is 5.73 Å². The highest BCUT2D eigenvalue weighted by Gasteiger charge is 2.14. The standard InChI is InChI=1S/C20H18FN3O3/c21-14-8-9-18(25)15(10-14)16-11-17(24-23-16)19(26)3-1-2-12-4-6-13(7-5-12)20(22)27/h4-11,25H,1-3H2,(H2,22,27)(H,23,24). The SMILES string of the molecule is NC(=O)c1ccc(CCCC(=O)c2cc(-c3cc(F)ccc3O)n[nH]2)cc1. The molecule has 138 valence electrons. The zero-order chi connectivity index (χ0) is 19.4. The quantitative estimate of drug-likeness (QED) is 0.557. The molecule has 0 atom stereocenters. The van der Waals surface area contributed by atoms with Crippen LogP contribution in [-0.2, 0) is 6.42 Å². The summed E-state index contributed by atoms with van der Waals surface area (Å²) in [5.41, 5.74) is 7.48. The van der Waals surface area contributed by atoms with Crippen molar-refractivity contribution < 1.29 is 19.1 Å². The number of nitrogens with one attached hydrogen (secondary N) is 1. The summed E-state index contributed by atoms with van der Waals surface area (Å²) in [5.74, 6) is -1.21. The Morgan fingerprint density at radius 1 is 1.11 bits per heavy atom. The molecule has 27 heavy (non-hydrogen) atoms. The molecule has 0 saturated heterocycles. The second-order valence-electron chi connectivity index (χ2n) is 6.17. The minimum atomic E-state index is -0.499. The Kier molecular flexibility index (Phi) is 5.30. The third kappa shape index (κ3) is 4.38. The molecule has 4 N–H and O–H groups in total. The minimum absolute atomic E-state index is 0.110. The number of carbonyl (C=O) groups excluding carboxylic acids is 2. The Morgan fingerprint density at radius 3 is 2.56 bits per heavy atom. The van der Waals surface area contributed by atoms with Crippen LogP contribution in [0, 0.1) is 5.82 Å². The number of phenolic OH excluding ortho intramolecular Hbond substituents is 1. The average Bonchev–Trinajstić information content (AvgIpc) is 3.14. The van der Waals surface area contributed by atoms with Crippen molar-refractivity contribution in [3.63, 3.8) is 0 Å². The summed E-state index contributed by atoms with van der Waals surface area (Å²) < 4.78 is 13.4.